The molecule has 1 unspecified atom stereocenters. The van der Waals surface area contributed by atoms with Crippen LogP contribution in [0.25, 0.3) is 0 Å². The number of hydrogen-bond acceptors (Lipinski definition) is 4. The Morgan fingerprint density at radius 2 is 2.00 bits per heavy atom. The molecule has 0 radical (unpaired) electrons. The Bertz CT molecular complexity index is 544. The fourth-order valence-corrected chi connectivity index (χ4v) is 2.46. The maximum absolute atomic E-state index is 5.59. The average molecular weight is 255 g/mol. The van der Waals surface area contributed by atoms with Gasteiger partial charge in [0, 0.05) is 32.6 Å². The van der Waals surface area contributed by atoms with E-state index in [0.717, 1.165) is 18.8 Å². The van der Waals surface area contributed by atoms with Crippen LogP contribution < -0.4 is 5.43 Å². The SMILES string of the molecule is COC1CN(Nc2ccncc2)Cc2ccccc21. The highest BCUT2D eigenvalue weighted by Gasteiger charge is 2.24. The molecule has 3 rings (SSSR count). The van der Waals surface area contributed by atoms with Crippen molar-refractivity contribution in [1.82, 2.24) is 9.99 Å². The number of nitrogens with zero attached hydrogens (tertiary/aromatic N) is 2. The molecule has 4 nitrogen and oxygen atoms in total. The molecule has 0 saturated heterocycles. The second-order valence-electron chi connectivity index (χ2n) is 4.65. The van der Waals surface area contributed by atoms with Gasteiger partial charge in [0.05, 0.1) is 11.8 Å². The number of anilines is 1. The minimum Gasteiger partial charge on any atom is -0.375 e. The lowest BCUT2D eigenvalue weighted by Crippen LogP contribution is -2.38. The minimum atomic E-state index is 0.110. The third-order valence-electron chi connectivity index (χ3n) is 3.40. The van der Waals surface area contributed by atoms with Crippen LogP contribution in [0, 0.1) is 0 Å². The molecule has 0 aliphatic carbocycles. The largest absolute Gasteiger partial charge is 0.375 e. The molecular formula is C15H17N3O. The van der Waals surface area contributed by atoms with E-state index < -0.39 is 0 Å². The molecule has 98 valence electrons. The van der Waals surface area contributed by atoms with Crippen LogP contribution in [0.2, 0.25) is 0 Å². The molecule has 0 saturated carbocycles. The first-order chi connectivity index (χ1) is 9.36. The predicted molar refractivity (Wildman–Crippen MR) is 74.5 cm³/mol. The molecule has 0 fully saturated rings. The monoisotopic (exact) mass is 255 g/mol. The van der Waals surface area contributed by atoms with Gasteiger partial charge >= 0.3 is 0 Å². The summed E-state index contributed by atoms with van der Waals surface area (Å²) in [5.41, 5.74) is 7.04. The van der Waals surface area contributed by atoms with E-state index in [1.165, 1.54) is 11.1 Å². The Hall–Kier alpha value is -1.91. The zero-order valence-corrected chi connectivity index (χ0v) is 10.9. The molecule has 1 N–H and O–H groups in total. The number of hydrogen-bond donors (Lipinski definition) is 1. The highest BCUT2D eigenvalue weighted by Crippen LogP contribution is 2.28. The molecular weight excluding hydrogens is 238 g/mol. The lowest BCUT2D eigenvalue weighted by Gasteiger charge is -2.34. The lowest BCUT2D eigenvalue weighted by atomic mass is 9.98. The zero-order chi connectivity index (χ0) is 13.1. The van der Waals surface area contributed by atoms with E-state index in [2.05, 4.69) is 39.7 Å². The normalized spacial score (nSPS) is 18.9. The van der Waals surface area contributed by atoms with E-state index >= 15 is 0 Å². The van der Waals surface area contributed by atoms with Gasteiger partial charge in [-0.1, -0.05) is 24.3 Å². The highest BCUT2D eigenvalue weighted by atomic mass is 16.5. The molecule has 19 heavy (non-hydrogen) atoms. The van der Waals surface area contributed by atoms with Crippen LogP contribution in [-0.4, -0.2) is 23.6 Å². The number of ether oxygens (including phenoxy) is 1. The quantitative estimate of drug-likeness (QED) is 0.914. The number of pyridine rings is 1. The summed E-state index contributed by atoms with van der Waals surface area (Å²) in [6.07, 6.45) is 3.68. The van der Waals surface area contributed by atoms with Crippen LogP contribution in [0.1, 0.15) is 17.2 Å². The molecule has 4 heteroatoms. The Balaban J connectivity index is 1.80. The summed E-state index contributed by atoms with van der Waals surface area (Å²) in [6.45, 7) is 1.70. The summed E-state index contributed by atoms with van der Waals surface area (Å²) >= 11 is 0. The number of hydrazine groups is 1. The average Bonchev–Trinajstić information content (AvgIpc) is 2.47. The van der Waals surface area contributed by atoms with E-state index in [4.69, 9.17) is 4.74 Å². The smallest absolute Gasteiger partial charge is 0.0969 e. The molecule has 1 aliphatic rings. The molecule has 2 aromatic rings. The van der Waals surface area contributed by atoms with Crippen LogP contribution in [0.4, 0.5) is 5.69 Å². The van der Waals surface area contributed by atoms with Crippen molar-refractivity contribution >= 4 is 5.69 Å². The van der Waals surface area contributed by atoms with Crippen molar-refractivity contribution in [3.8, 4) is 0 Å². The van der Waals surface area contributed by atoms with Gasteiger partial charge in [0.25, 0.3) is 0 Å². The molecule has 0 amide bonds. The van der Waals surface area contributed by atoms with Gasteiger partial charge in [-0.05, 0) is 23.3 Å². The highest BCUT2D eigenvalue weighted by molar-refractivity contribution is 5.41. The van der Waals surface area contributed by atoms with Crippen LogP contribution in [0.3, 0.4) is 0 Å². The first-order valence-corrected chi connectivity index (χ1v) is 6.39. The number of methoxy groups -OCH3 is 1. The third kappa shape index (κ3) is 2.59. The van der Waals surface area contributed by atoms with E-state index in [-0.39, 0.29) is 6.10 Å². The Morgan fingerprint density at radius 3 is 2.79 bits per heavy atom. The number of rotatable bonds is 3. The van der Waals surface area contributed by atoms with Crippen molar-refractivity contribution in [1.29, 1.82) is 0 Å². The zero-order valence-electron chi connectivity index (χ0n) is 10.9. The number of aromatic nitrogens is 1. The molecule has 0 spiro atoms. The predicted octanol–water partition coefficient (Wildman–Crippen LogP) is 2.61. The Labute approximate surface area is 113 Å². The third-order valence-corrected chi connectivity index (χ3v) is 3.40. The van der Waals surface area contributed by atoms with Crippen LogP contribution >= 0.6 is 0 Å². The van der Waals surface area contributed by atoms with Crippen molar-refractivity contribution in [2.75, 3.05) is 19.1 Å². The molecule has 1 aromatic carbocycles. The first-order valence-electron chi connectivity index (χ1n) is 6.39. The van der Waals surface area contributed by atoms with E-state index in [9.17, 15) is 0 Å². The summed E-state index contributed by atoms with van der Waals surface area (Å²) < 4.78 is 5.59. The van der Waals surface area contributed by atoms with Crippen molar-refractivity contribution < 1.29 is 4.74 Å². The van der Waals surface area contributed by atoms with Gasteiger partial charge < -0.3 is 10.2 Å². The summed E-state index contributed by atoms with van der Waals surface area (Å²) in [7, 11) is 1.76. The van der Waals surface area contributed by atoms with Crippen LogP contribution in [-0.2, 0) is 11.3 Å². The van der Waals surface area contributed by atoms with Gasteiger partial charge in [0.2, 0.25) is 0 Å². The second-order valence-corrected chi connectivity index (χ2v) is 4.65. The number of fused-ring (bicyclic) bond motifs is 1. The van der Waals surface area contributed by atoms with Gasteiger partial charge in [-0.15, -0.1) is 0 Å². The number of benzene rings is 1. The van der Waals surface area contributed by atoms with Gasteiger partial charge in [-0.25, -0.2) is 5.01 Å². The summed E-state index contributed by atoms with van der Waals surface area (Å²) in [5, 5.41) is 2.17. The lowest BCUT2D eigenvalue weighted by molar-refractivity contribution is 0.0573. The molecule has 1 atom stereocenters. The van der Waals surface area contributed by atoms with Crippen molar-refractivity contribution in [2.45, 2.75) is 12.6 Å². The van der Waals surface area contributed by atoms with E-state index in [1.54, 1.807) is 19.5 Å². The maximum Gasteiger partial charge on any atom is 0.0969 e. The molecule has 1 aromatic heterocycles. The standard InChI is InChI=1S/C15H17N3O/c1-19-15-11-18(17-13-6-8-16-9-7-13)10-12-4-2-3-5-14(12)15/h2-9,15H,10-11H2,1H3,(H,16,17). The van der Waals surface area contributed by atoms with Gasteiger partial charge in [0.15, 0.2) is 0 Å². The topological polar surface area (TPSA) is 37.4 Å². The van der Waals surface area contributed by atoms with Crippen molar-refractivity contribution in [2.24, 2.45) is 0 Å². The molecule has 2 heterocycles. The Kier molecular flexibility index (Phi) is 3.44. The minimum absolute atomic E-state index is 0.110. The second kappa shape index (κ2) is 5.38. The number of nitrogens with one attached hydrogen (secondary N) is 1. The summed E-state index contributed by atoms with van der Waals surface area (Å²) in [5.74, 6) is 0. The molecule has 0 bridgehead atoms. The van der Waals surface area contributed by atoms with Crippen molar-refractivity contribution in [3.05, 3.63) is 59.9 Å². The van der Waals surface area contributed by atoms with Crippen LogP contribution in [0.15, 0.2) is 48.8 Å². The molecule has 1 aliphatic heterocycles. The maximum atomic E-state index is 5.59. The fraction of sp³-hybridized carbons (Fsp3) is 0.267. The first kappa shape index (κ1) is 12.1. The summed E-state index contributed by atoms with van der Waals surface area (Å²) in [6, 6.07) is 12.4. The summed E-state index contributed by atoms with van der Waals surface area (Å²) in [4.78, 5) is 4.02. The fourth-order valence-electron chi connectivity index (χ4n) is 2.46. The van der Waals surface area contributed by atoms with Crippen LogP contribution in [0.5, 0.6) is 0 Å². The van der Waals surface area contributed by atoms with Crippen molar-refractivity contribution in [3.63, 3.8) is 0 Å². The van der Waals surface area contributed by atoms with Gasteiger partial charge in [0.1, 0.15) is 0 Å². The van der Waals surface area contributed by atoms with Gasteiger partial charge in [-0.3, -0.25) is 4.98 Å². The van der Waals surface area contributed by atoms with E-state index in [0.29, 0.717) is 0 Å². The van der Waals surface area contributed by atoms with Gasteiger partial charge in [-0.2, -0.15) is 0 Å². The Morgan fingerprint density at radius 1 is 1.21 bits per heavy atom. The van der Waals surface area contributed by atoms with E-state index in [1.807, 2.05) is 12.1 Å².